The third-order valence-corrected chi connectivity index (χ3v) is 3.37. The van der Waals surface area contributed by atoms with E-state index < -0.39 is 0 Å². The number of aromatic amines is 1. The number of imidazole rings is 1. The predicted molar refractivity (Wildman–Crippen MR) is 83.7 cm³/mol. The summed E-state index contributed by atoms with van der Waals surface area (Å²) in [6.45, 7) is 2.71. The molecule has 0 spiro atoms. The van der Waals surface area contributed by atoms with Crippen LogP contribution in [0.5, 0.6) is 5.75 Å². The van der Waals surface area contributed by atoms with E-state index in [2.05, 4.69) is 46.1 Å². The Kier molecular flexibility index (Phi) is 3.60. The predicted octanol–water partition coefficient (Wildman–Crippen LogP) is 3.76. The van der Waals surface area contributed by atoms with Crippen molar-refractivity contribution < 1.29 is 5.11 Å². The Hall–Kier alpha value is -2.75. The zero-order valence-electron chi connectivity index (χ0n) is 11.8. The standard InChI is InChI=1S/C17H17N3O/c1-13-2-4-14(5-3-13)20(12-17-18-10-11-19-17)15-6-8-16(21)9-7-15/h2-11,21H,12H2,1H3,(H,18,19). The number of rotatable bonds is 4. The summed E-state index contributed by atoms with van der Waals surface area (Å²) in [7, 11) is 0. The van der Waals surface area contributed by atoms with Crippen LogP contribution in [0.2, 0.25) is 0 Å². The van der Waals surface area contributed by atoms with Crippen molar-refractivity contribution in [2.24, 2.45) is 0 Å². The number of phenols is 1. The van der Waals surface area contributed by atoms with Crippen LogP contribution in [0.3, 0.4) is 0 Å². The molecular weight excluding hydrogens is 262 g/mol. The van der Waals surface area contributed by atoms with E-state index in [1.165, 1.54) is 5.56 Å². The lowest BCUT2D eigenvalue weighted by Gasteiger charge is -2.24. The van der Waals surface area contributed by atoms with Gasteiger partial charge in [0.15, 0.2) is 0 Å². The van der Waals surface area contributed by atoms with Gasteiger partial charge in [-0.05, 0) is 43.3 Å². The molecule has 3 aromatic rings. The third-order valence-electron chi connectivity index (χ3n) is 3.37. The van der Waals surface area contributed by atoms with E-state index in [4.69, 9.17) is 0 Å². The van der Waals surface area contributed by atoms with Gasteiger partial charge in [0.1, 0.15) is 11.6 Å². The highest BCUT2D eigenvalue weighted by atomic mass is 16.3. The number of aromatic nitrogens is 2. The number of nitrogens with zero attached hydrogens (tertiary/aromatic N) is 2. The summed E-state index contributed by atoms with van der Waals surface area (Å²) in [5.41, 5.74) is 3.32. The normalized spacial score (nSPS) is 10.5. The molecule has 4 nitrogen and oxygen atoms in total. The zero-order chi connectivity index (χ0) is 14.7. The summed E-state index contributed by atoms with van der Waals surface area (Å²) in [4.78, 5) is 9.57. The first-order valence-corrected chi connectivity index (χ1v) is 6.84. The summed E-state index contributed by atoms with van der Waals surface area (Å²) in [5, 5.41) is 9.47. The Balaban J connectivity index is 1.97. The van der Waals surface area contributed by atoms with Gasteiger partial charge in [0.25, 0.3) is 0 Å². The highest BCUT2D eigenvalue weighted by Gasteiger charge is 2.11. The number of aromatic hydroxyl groups is 1. The van der Waals surface area contributed by atoms with Crippen molar-refractivity contribution in [1.82, 2.24) is 9.97 Å². The molecule has 0 unspecified atom stereocenters. The van der Waals surface area contributed by atoms with Crippen LogP contribution in [-0.4, -0.2) is 15.1 Å². The number of hydrogen-bond donors (Lipinski definition) is 2. The molecule has 0 fully saturated rings. The van der Waals surface area contributed by atoms with E-state index in [0.29, 0.717) is 6.54 Å². The van der Waals surface area contributed by atoms with Crippen LogP contribution in [0.25, 0.3) is 0 Å². The Labute approximate surface area is 123 Å². The second-order valence-corrected chi connectivity index (χ2v) is 4.97. The first-order valence-electron chi connectivity index (χ1n) is 6.84. The quantitative estimate of drug-likeness (QED) is 0.764. The van der Waals surface area contributed by atoms with E-state index in [1.54, 1.807) is 18.3 Å². The van der Waals surface area contributed by atoms with Gasteiger partial charge in [0.05, 0.1) is 6.54 Å². The molecule has 3 rings (SSSR count). The molecule has 106 valence electrons. The maximum Gasteiger partial charge on any atom is 0.126 e. The van der Waals surface area contributed by atoms with E-state index >= 15 is 0 Å². The molecule has 0 aliphatic carbocycles. The molecule has 0 atom stereocenters. The van der Waals surface area contributed by atoms with Crippen LogP contribution in [0.4, 0.5) is 11.4 Å². The number of H-pyrrole nitrogens is 1. The number of benzene rings is 2. The van der Waals surface area contributed by atoms with E-state index in [-0.39, 0.29) is 5.75 Å². The van der Waals surface area contributed by atoms with Crippen molar-refractivity contribution in [2.45, 2.75) is 13.5 Å². The summed E-state index contributed by atoms with van der Waals surface area (Å²) >= 11 is 0. The molecule has 0 bridgehead atoms. The third kappa shape index (κ3) is 3.05. The summed E-state index contributed by atoms with van der Waals surface area (Å²) in [5.74, 6) is 1.16. The number of phenolic OH excluding ortho intramolecular Hbond substituents is 1. The average molecular weight is 279 g/mol. The van der Waals surface area contributed by atoms with Crippen molar-refractivity contribution in [1.29, 1.82) is 0 Å². The monoisotopic (exact) mass is 279 g/mol. The second-order valence-electron chi connectivity index (χ2n) is 4.97. The minimum atomic E-state index is 0.264. The smallest absolute Gasteiger partial charge is 0.126 e. The molecule has 2 aromatic carbocycles. The highest BCUT2D eigenvalue weighted by molar-refractivity contribution is 5.64. The summed E-state index contributed by atoms with van der Waals surface area (Å²) in [6.07, 6.45) is 3.57. The molecule has 21 heavy (non-hydrogen) atoms. The van der Waals surface area contributed by atoms with Gasteiger partial charge in [-0.25, -0.2) is 4.98 Å². The molecule has 0 aliphatic rings. The fourth-order valence-corrected chi connectivity index (χ4v) is 2.22. The lowest BCUT2D eigenvalue weighted by Crippen LogP contribution is -2.17. The number of anilines is 2. The van der Waals surface area contributed by atoms with Gasteiger partial charge in [-0.3, -0.25) is 0 Å². The molecule has 0 saturated carbocycles. The summed E-state index contributed by atoms with van der Waals surface area (Å²) in [6, 6.07) is 15.5. The van der Waals surface area contributed by atoms with Gasteiger partial charge >= 0.3 is 0 Å². The van der Waals surface area contributed by atoms with Crippen LogP contribution < -0.4 is 4.90 Å². The van der Waals surface area contributed by atoms with Crippen molar-refractivity contribution >= 4 is 11.4 Å². The zero-order valence-corrected chi connectivity index (χ0v) is 11.8. The average Bonchev–Trinajstić information content (AvgIpc) is 3.00. The molecule has 0 aliphatic heterocycles. The summed E-state index contributed by atoms with van der Waals surface area (Å²) < 4.78 is 0. The van der Waals surface area contributed by atoms with Crippen molar-refractivity contribution in [2.75, 3.05) is 4.90 Å². The van der Waals surface area contributed by atoms with Crippen LogP contribution in [-0.2, 0) is 6.54 Å². The van der Waals surface area contributed by atoms with E-state index in [0.717, 1.165) is 17.2 Å². The van der Waals surface area contributed by atoms with Crippen molar-refractivity contribution in [3.8, 4) is 5.75 Å². The number of aryl methyl sites for hydroxylation is 1. The van der Waals surface area contributed by atoms with Gasteiger partial charge in [0.2, 0.25) is 0 Å². The fourth-order valence-electron chi connectivity index (χ4n) is 2.22. The van der Waals surface area contributed by atoms with Gasteiger partial charge in [-0.15, -0.1) is 0 Å². The molecule has 0 radical (unpaired) electrons. The lowest BCUT2D eigenvalue weighted by atomic mass is 10.2. The highest BCUT2D eigenvalue weighted by Crippen LogP contribution is 2.28. The Bertz CT molecular complexity index is 642. The number of nitrogens with one attached hydrogen (secondary N) is 1. The SMILES string of the molecule is Cc1ccc(N(Cc2ncc[nH]2)c2ccc(O)cc2)cc1. The van der Waals surface area contributed by atoms with Gasteiger partial charge in [-0.1, -0.05) is 17.7 Å². The largest absolute Gasteiger partial charge is 0.508 e. The maximum atomic E-state index is 9.47. The van der Waals surface area contributed by atoms with Gasteiger partial charge in [-0.2, -0.15) is 0 Å². The molecule has 0 amide bonds. The van der Waals surface area contributed by atoms with Crippen LogP contribution in [0.15, 0.2) is 60.9 Å². The molecule has 2 N–H and O–H groups in total. The first kappa shape index (κ1) is 13.2. The second kappa shape index (κ2) is 5.71. The Morgan fingerprint density at radius 3 is 2.19 bits per heavy atom. The minimum Gasteiger partial charge on any atom is -0.508 e. The molecule has 1 heterocycles. The molecule has 4 heteroatoms. The Morgan fingerprint density at radius 2 is 1.62 bits per heavy atom. The van der Waals surface area contributed by atoms with Crippen LogP contribution >= 0.6 is 0 Å². The minimum absolute atomic E-state index is 0.264. The van der Waals surface area contributed by atoms with Crippen LogP contribution in [0, 0.1) is 6.92 Å². The van der Waals surface area contributed by atoms with Crippen LogP contribution in [0.1, 0.15) is 11.4 Å². The lowest BCUT2D eigenvalue weighted by molar-refractivity contribution is 0.475. The Morgan fingerprint density at radius 1 is 1.00 bits per heavy atom. The van der Waals surface area contributed by atoms with Gasteiger partial charge in [0, 0.05) is 23.8 Å². The fraction of sp³-hybridized carbons (Fsp3) is 0.118. The topological polar surface area (TPSA) is 52.2 Å². The van der Waals surface area contributed by atoms with E-state index in [1.807, 2.05) is 18.3 Å². The molecule has 0 saturated heterocycles. The van der Waals surface area contributed by atoms with E-state index in [9.17, 15) is 5.11 Å². The maximum absolute atomic E-state index is 9.47. The number of hydrogen-bond acceptors (Lipinski definition) is 3. The molecular formula is C17H17N3O. The van der Waals surface area contributed by atoms with Gasteiger partial charge < -0.3 is 15.0 Å². The first-order chi connectivity index (χ1) is 10.2. The van der Waals surface area contributed by atoms with Crippen molar-refractivity contribution in [3.63, 3.8) is 0 Å². The van der Waals surface area contributed by atoms with Crippen molar-refractivity contribution in [3.05, 3.63) is 72.3 Å². The molecule has 1 aromatic heterocycles.